The number of hydrogen-bond donors (Lipinski definition) is 0. The summed E-state index contributed by atoms with van der Waals surface area (Å²) in [5, 5.41) is 0.295. The highest BCUT2D eigenvalue weighted by molar-refractivity contribution is 7.90. The Morgan fingerprint density at radius 3 is 2.32 bits per heavy atom. The number of carbonyl (C=O) groups excluding carboxylic acids is 1. The second-order valence-electron chi connectivity index (χ2n) is 6.36. The number of nitrogens with zero attached hydrogens (tertiary/aromatic N) is 1. The summed E-state index contributed by atoms with van der Waals surface area (Å²) >= 11 is 6.26. The summed E-state index contributed by atoms with van der Waals surface area (Å²) in [4.78, 5) is 14.7. The molecule has 152 valence electrons. The van der Waals surface area contributed by atoms with Crippen LogP contribution in [0.1, 0.15) is 35.8 Å². The Hall–Kier alpha value is -2.25. The molecule has 0 spiro atoms. The van der Waals surface area contributed by atoms with Crippen molar-refractivity contribution in [2.24, 2.45) is 0 Å². The number of halogens is 1. The fourth-order valence-electron chi connectivity index (χ4n) is 2.72. The number of rotatable bonds is 7. The molecule has 0 saturated carbocycles. The summed E-state index contributed by atoms with van der Waals surface area (Å²) in [6.45, 7) is 4.11. The van der Waals surface area contributed by atoms with Crippen LogP contribution in [0.25, 0.3) is 0 Å². The van der Waals surface area contributed by atoms with Crippen molar-refractivity contribution in [3.05, 3.63) is 52.5 Å². The predicted octanol–water partition coefficient (Wildman–Crippen LogP) is 3.98. The summed E-state index contributed by atoms with van der Waals surface area (Å²) in [7, 11) is -0.108. The Bertz CT molecular complexity index is 957. The molecule has 0 aromatic heterocycles. The fraction of sp³-hybridized carbons (Fsp3) is 0.350. The first-order chi connectivity index (χ1) is 13.1. The van der Waals surface area contributed by atoms with Crippen molar-refractivity contribution in [2.45, 2.75) is 24.8 Å². The van der Waals surface area contributed by atoms with E-state index in [1.54, 1.807) is 36.2 Å². The van der Waals surface area contributed by atoms with Crippen molar-refractivity contribution in [1.82, 2.24) is 4.90 Å². The maximum atomic E-state index is 13.0. The van der Waals surface area contributed by atoms with Crippen molar-refractivity contribution < 1.29 is 22.7 Å². The van der Waals surface area contributed by atoms with Gasteiger partial charge in [-0.05, 0) is 43.7 Å². The predicted molar refractivity (Wildman–Crippen MR) is 109 cm³/mol. The minimum absolute atomic E-state index is 0.237. The van der Waals surface area contributed by atoms with E-state index in [9.17, 15) is 13.2 Å². The molecule has 0 aliphatic heterocycles. The van der Waals surface area contributed by atoms with Gasteiger partial charge in [0.05, 0.1) is 29.7 Å². The number of ether oxygens (including phenoxy) is 2. The van der Waals surface area contributed by atoms with Gasteiger partial charge in [0.15, 0.2) is 21.3 Å². The third kappa shape index (κ3) is 4.77. The molecule has 0 aliphatic carbocycles. The highest BCUT2D eigenvalue weighted by Crippen LogP contribution is 2.37. The Kier molecular flexibility index (Phi) is 6.96. The zero-order chi connectivity index (χ0) is 21.1. The number of carbonyl (C=O) groups is 1. The summed E-state index contributed by atoms with van der Waals surface area (Å²) in [6.07, 6.45) is 1.16. The van der Waals surface area contributed by atoms with E-state index in [2.05, 4.69) is 0 Å². The van der Waals surface area contributed by atoms with Gasteiger partial charge in [0.1, 0.15) is 0 Å². The van der Waals surface area contributed by atoms with Crippen LogP contribution >= 0.6 is 11.6 Å². The molecule has 0 bridgehead atoms. The molecule has 2 aromatic carbocycles. The van der Waals surface area contributed by atoms with Crippen molar-refractivity contribution in [2.75, 3.05) is 27.0 Å². The smallest absolute Gasteiger partial charge is 0.254 e. The van der Waals surface area contributed by atoms with E-state index in [1.807, 2.05) is 13.8 Å². The summed E-state index contributed by atoms with van der Waals surface area (Å²) in [5.41, 5.74) is 1.18. The molecular formula is C20H24ClNO5S. The van der Waals surface area contributed by atoms with Crippen LogP contribution in [0.15, 0.2) is 41.3 Å². The van der Waals surface area contributed by atoms with Crippen molar-refractivity contribution in [3.63, 3.8) is 0 Å². The van der Waals surface area contributed by atoms with Gasteiger partial charge >= 0.3 is 0 Å². The van der Waals surface area contributed by atoms with Crippen LogP contribution in [0.4, 0.5) is 0 Å². The molecule has 1 atom stereocenters. The van der Waals surface area contributed by atoms with Gasteiger partial charge in [0.25, 0.3) is 5.91 Å². The van der Waals surface area contributed by atoms with E-state index in [0.717, 1.165) is 11.8 Å². The van der Waals surface area contributed by atoms with E-state index in [1.165, 1.54) is 19.2 Å². The lowest BCUT2D eigenvalue weighted by molar-refractivity contribution is 0.0742. The lowest BCUT2D eigenvalue weighted by atomic mass is 10.1. The van der Waals surface area contributed by atoms with Gasteiger partial charge in [-0.25, -0.2) is 8.42 Å². The van der Waals surface area contributed by atoms with Crippen LogP contribution in [0.2, 0.25) is 5.02 Å². The minimum atomic E-state index is -3.27. The van der Waals surface area contributed by atoms with Crippen molar-refractivity contribution >= 4 is 27.3 Å². The first kappa shape index (κ1) is 22.0. The molecule has 6 nitrogen and oxygen atoms in total. The van der Waals surface area contributed by atoms with E-state index in [-0.39, 0.29) is 16.8 Å². The molecule has 0 fully saturated rings. The van der Waals surface area contributed by atoms with Crippen LogP contribution < -0.4 is 9.47 Å². The van der Waals surface area contributed by atoms with E-state index >= 15 is 0 Å². The van der Waals surface area contributed by atoms with Crippen LogP contribution in [0.5, 0.6) is 11.5 Å². The third-order valence-electron chi connectivity index (χ3n) is 4.46. The standard InChI is InChI=1S/C20H24ClNO5S/c1-6-27-19-17(21)11-15(12-18(19)26-4)20(23)22(3)13(2)14-7-9-16(10-8-14)28(5,24)25/h7-13H,6H2,1-5H3/t13-/m1/s1. The van der Waals surface area contributed by atoms with Gasteiger partial charge in [-0.2, -0.15) is 0 Å². The second kappa shape index (κ2) is 8.84. The van der Waals surface area contributed by atoms with E-state index in [4.69, 9.17) is 21.1 Å². The highest BCUT2D eigenvalue weighted by atomic mass is 35.5. The van der Waals surface area contributed by atoms with Gasteiger partial charge in [-0.3, -0.25) is 4.79 Å². The number of benzene rings is 2. The fourth-order valence-corrected chi connectivity index (χ4v) is 3.62. The van der Waals surface area contributed by atoms with E-state index < -0.39 is 9.84 Å². The third-order valence-corrected chi connectivity index (χ3v) is 5.87. The molecule has 0 aliphatic rings. The molecule has 0 heterocycles. The Morgan fingerprint density at radius 1 is 1.21 bits per heavy atom. The zero-order valence-electron chi connectivity index (χ0n) is 16.5. The number of sulfone groups is 1. The number of amides is 1. The van der Waals surface area contributed by atoms with Crippen LogP contribution in [0.3, 0.4) is 0 Å². The second-order valence-corrected chi connectivity index (χ2v) is 8.78. The topological polar surface area (TPSA) is 72.9 Å². The molecule has 8 heteroatoms. The maximum Gasteiger partial charge on any atom is 0.254 e. The highest BCUT2D eigenvalue weighted by Gasteiger charge is 2.22. The lowest BCUT2D eigenvalue weighted by Gasteiger charge is -2.26. The Morgan fingerprint density at radius 2 is 1.82 bits per heavy atom. The Balaban J connectivity index is 2.29. The van der Waals surface area contributed by atoms with Crippen molar-refractivity contribution in [3.8, 4) is 11.5 Å². The maximum absolute atomic E-state index is 13.0. The number of methoxy groups -OCH3 is 1. The van der Waals surface area contributed by atoms with Gasteiger partial charge in [0.2, 0.25) is 0 Å². The first-order valence-electron chi connectivity index (χ1n) is 8.67. The van der Waals surface area contributed by atoms with Crippen molar-refractivity contribution in [1.29, 1.82) is 0 Å². The molecule has 2 rings (SSSR count). The average molecular weight is 426 g/mol. The zero-order valence-corrected chi connectivity index (χ0v) is 18.1. The molecule has 1 amide bonds. The SMILES string of the molecule is CCOc1c(Cl)cc(C(=O)N(C)[C@H](C)c2ccc(S(C)(=O)=O)cc2)cc1OC. The first-order valence-corrected chi connectivity index (χ1v) is 10.9. The lowest BCUT2D eigenvalue weighted by Crippen LogP contribution is -2.29. The minimum Gasteiger partial charge on any atom is -0.493 e. The normalized spacial score (nSPS) is 12.4. The van der Waals surface area contributed by atoms with Gasteiger partial charge < -0.3 is 14.4 Å². The largest absolute Gasteiger partial charge is 0.493 e. The molecule has 2 aromatic rings. The van der Waals surface area contributed by atoms with Crippen LogP contribution in [-0.4, -0.2) is 46.2 Å². The van der Waals surface area contributed by atoms with Gasteiger partial charge in [-0.15, -0.1) is 0 Å². The quantitative estimate of drug-likeness (QED) is 0.670. The monoisotopic (exact) mass is 425 g/mol. The summed E-state index contributed by atoms with van der Waals surface area (Å²) in [6, 6.07) is 9.35. The molecule has 28 heavy (non-hydrogen) atoms. The number of hydrogen-bond acceptors (Lipinski definition) is 5. The molecule has 0 radical (unpaired) electrons. The Labute approximate surface area is 170 Å². The molecular weight excluding hydrogens is 402 g/mol. The molecule has 0 saturated heterocycles. The summed E-state index contributed by atoms with van der Waals surface area (Å²) < 4.78 is 34.0. The van der Waals surface area contributed by atoms with Gasteiger partial charge in [-0.1, -0.05) is 23.7 Å². The van der Waals surface area contributed by atoms with Gasteiger partial charge in [0, 0.05) is 18.9 Å². The van der Waals surface area contributed by atoms with Crippen LogP contribution in [-0.2, 0) is 9.84 Å². The average Bonchev–Trinajstić information content (AvgIpc) is 2.67. The van der Waals surface area contributed by atoms with Crippen LogP contribution in [0, 0.1) is 0 Å². The molecule has 0 N–H and O–H groups in total. The molecule has 0 unspecified atom stereocenters. The van der Waals surface area contributed by atoms with E-state index in [0.29, 0.717) is 28.7 Å². The summed E-state index contributed by atoms with van der Waals surface area (Å²) in [5.74, 6) is 0.537.